The summed E-state index contributed by atoms with van der Waals surface area (Å²) in [6.07, 6.45) is 0. The van der Waals surface area contributed by atoms with Crippen molar-refractivity contribution in [1.29, 1.82) is 0 Å². The summed E-state index contributed by atoms with van der Waals surface area (Å²) in [5.41, 5.74) is 1.50. The summed E-state index contributed by atoms with van der Waals surface area (Å²) >= 11 is 0.571. The SMILES string of the molecule is CN(C)Cc1c[se]c2ccccc12. The Hall–Kier alpha value is -0.561. The summed E-state index contributed by atoms with van der Waals surface area (Å²) in [6, 6.07) is 8.74. The van der Waals surface area contributed by atoms with Gasteiger partial charge in [-0.25, -0.2) is 0 Å². The van der Waals surface area contributed by atoms with Crippen LogP contribution < -0.4 is 0 Å². The molecule has 2 aromatic rings. The van der Waals surface area contributed by atoms with Crippen molar-refractivity contribution in [3.63, 3.8) is 0 Å². The third-order valence-electron chi connectivity index (χ3n) is 2.05. The van der Waals surface area contributed by atoms with E-state index in [0.29, 0.717) is 14.5 Å². The first kappa shape index (κ1) is 9.01. The summed E-state index contributed by atoms with van der Waals surface area (Å²) in [6.45, 7) is 1.07. The molecule has 2 rings (SSSR count). The fraction of sp³-hybridized carbons (Fsp3) is 0.273. The Bertz CT molecular complexity index is 403. The summed E-state index contributed by atoms with van der Waals surface area (Å²) < 4.78 is 1.53. The zero-order valence-corrected chi connectivity index (χ0v) is 9.66. The van der Waals surface area contributed by atoms with E-state index in [4.69, 9.17) is 0 Å². The van der Waals surface area contributed by atoms with Crippen molar-refractivity contribution in [2.45, 2.75) is 6.54 Å². The van der Waals surface area contributed by atoms with Crippen molar-refractivity contribution in [1.82, 2.24) is 4.90 Å². The fourth-order valence-electron chi connectivity index (χ4n) is 1.50. The van der Waals surface area contributed by atoms with E-state index in [9.17, 15) is 0 Å². The number of nitrogens with zero attached hydrogens (tertiary/aromatic N) is 1. The van der Waals surface area contributed by atoms with Crippen LogP contribution in [0.2, 0.25) is 0 Å². The van der Waals surface area contributed by atoms with Crippen LogP contribution in [0, 0.1) is 0 Å². The molecule has 1 nitrogen and oxygen atoms in total. The van der Waals surface area contributed by atoms with Crippen LogP contribution in [-0.4, -0.2) is 33.5 Å². The maximum atomic E-state index is 2.40. The van der Waals surface area contributed by atoms with Gasteiger partial charge in [0.05, 0.1) is 0 Å². The second-order valence-corrected chi connectivity index (χ2v) is 5.41. The molecule has 0 saturated heterocycles. The Morgan fingerprint density at radius 2 is 2.00 bits per heavy atom. The van der Waals surface area contributed by atoms with Gasteiger partial charge in [0.25, 0.3) is 0 Å². The first-order valence-corrected chi connectivity index (χ1v) is 6.22. The van der Waals surface area contributed by atoms with Gasteiger partial charge in [-0.3, -0.25) is 0 Å². The average molecular weight is 238 g/mol. The molecular formula is C11H13NSe. The van der Waals surface area contributed by atoms with Crippen molar-refractivity contribution in [2.24, 2.45) is 0 Å². The fourth-order valence-corrected chi connectivity index (χ4v) is 3.50. The van der Waals surface area contributed by atoms with Gasteiger partial charge < -0.3 is 0 Å². The Balaban J connectivity index is 2.46. The van der Waals surface area contributed by atoms with Gasteiger partial charge in [-0.05, 0) is 0 Å². The van der Waals surface area contributed by atoms with Crippen LogP contribution in [-0.2, 0) is 6.54 Å². The molecule has 13 heavy (non-hydrogen) atoms. The molecule has 68 valence electrons. The number of hydrogen-bond donors (Lipinski definition) is 0. The Labute approximate surface area is 84.7 Å². The number of rotatable bonds is 2. The zero-order chi connectivity index (χ0) is 9.26. The molecule has 1 aromatic heterocycles. The van der Waals surface area contributed by atoms with Crippen molar-refractivity contribution in [2.75, 3.05) is 14.1 Å². The molecule has 0 bridgehead atoms. The molecule has 0 saturated carbocycles. The van der Waals surface area contributed by atoms with E-state index in [0.717, 1.165) is 6.54 Å². The third-order valence-corrected chi connectivity index (χ3v) is 4.17. The average Bonchev–Trinajstić information content (AvgIpc) is 2.48. The number of benzene rings is 1. The number of hydrogen-bond acceptors (Lipinski definition) is 1. The summed E-state index contributed by atoms with van der Waals surface area (Å²) in [5, 5.41) is 1.47. The van der Waals surface area contributed by atoms with E-state index in [-0.39, 0.29) is 0 Å². The number of fused-ring (bicyclic) bond motifs is 1. The first-order chi connectivity index (χ1) is 6.27. The monoisotopic (exact) mass is 239 g/mol. The van der Waals surface area contributed by atoms with Crippen LogP contribution in [0.15, 0.2) is 29.2 Å². The summed E-state index contributed by atoms with van der Waals surface area (Å²) in [7, 11) is 4.24. The van der Waals surface area contributed by atoms with Gasteiger partial charge in [0.1, 0.15) is 0 Å². The minimum atomic E-state index is 0.571. The van der Waals surface area contributed by atoms with Gasteiger partial charge in [0, 0.05) is 0 Å². The molecule has 0 unspecified atom stereocenters. The van der Waals surface area contributed by atoms with Gasteiger partial charge in [-0.15, -0.1) is 0 Å². The van der Waals surface area contributed by atoms with E-state index in [1.54, 1.807) is 0 Å². The normalized spacial score (nSPS) is 11.3. The van der Waals surface area contributed by atoms with E-state index in [1.165, 1.54) is 15.2 Å². The van der Waals surface area contributed by atoms with E-state index in [1.807, 2.05) is 0 Å². The second kappa shape index (κ2) is 3.67. The van der Waals surface area contributed by atoms with E-state index in [2.05, 4.69) is 48.2 Å². The molecule has 0 aliphatic carbocycles. The van der Waals surface area contributed by atoms with Crippen molar-refractivity contribution in [3.8, 4) is 0 Å². The quantitative estimate of drug-likeness (QED) is 0.723. The molecule has 0 aliphatic heterocycles. The van der Waals surface area contributed by atoms with E-state index >= 15 is 0 Å². The molecule has 0 spiro atoms. The summed E-state index contributed by atoms with van der Waals surface area (Å²) in [4.78, 5) is 4.63. The van der Waals surface area contributed by atoms with Crippen molar-refractivity contribution in [3.05, 3.63) is 34.8 Å². The Kier molecular flexibility index (Phi) is 2.54. The van der Waals surface area contributed by atoms with Crippen LogP contribution in [0.4, 0.5) is 0 Å². The van der Waals surface area contributed by atoms with Crippen LogP contribution in [0.25, 0.3) is 9.65 Å². The molecule has 0 fully saturated rings. The molecule has 0 radical (unpaired) electrons. The molecule has 1 aromatic carbocycles. The van der Waals surface area contributed by atoms with Gasteiger partial charge in [0.15, 0.2) is 0 Å². The zero-order valence-electron chi connectivity index (χ0n) is 7.95. The molecule has 0 N–H and O–H groups in total. The van der Waals surface area contributed by atoms with Crippen LogP contribution >= 0.6 is 0 Å². The molecule has 2 heteroatoms. The van der Waals surface area contributed by atoms with Crippen molar-refractivity contribution < 1.29 is 0 Å². The predicted octanol–water partition coefficient (Wildman–Crippen LogP) is 1.96. The molecule has 0 atom stereocenters. The topological polar surface area (TPSA) is 3.24 Å². The molecule has 0 amide bonds. The molecule has 0 aliphatic rings. The second-order valence-electron chi connectivity index (χ2n) is 3.49. The van der Waals surface area contributed by atoms with Crippen LogP contribution in [0.5, 0.6) is 0 Å². The first-order valence-electron chi connectivity index (χ1n) is 4.37. The van der Waals surface area contributed by atoms with Gasteiger partial charge in [-0.2, -0.15) is 0 Å². The molecule has 1 heterocycles. The Morgan fingerprint density at radius 1 is 1.23 bits per heavy atom. The van der Waals surface area contributed by atoms with Crippen molar-refractivity contribution >= 4 is 24.1 Å². The Morgan fingerprint density at radius 3 is 2.77 bits per heavy atom. The molecular weight excluding hydrogens is 225 g/mol. The minimum absolute atomic E-state index is 0.571. The van der Waals surface area contributed by atoms with Gasteiger partial charge >= 0.3 is 84.5 Å². The van der Waals surface area contributed by atoms with Gasteiger partial charge in [0.2, 0.25) is 0 Å². The van der Waals surface area contributed by atoms with Crippen LogP contribution in [0.3, 0.4) is 0 Å². The standard InChI is InChI=1S/C11H13NSe/c1-12(2)7-9-8-13-11-6-4-3-5-10(9)11/h3-6,8H,7H2,1-2H3. The third kappa shape index (κ3) is 1.86. The van der Waals surface area contributed by atoms with Gasteiger partial charge in [-0.1, -0.05) is 0 Å². The van der Waals surface area contributed by atoms with E-state index < -0.39 is 0 Å². The predicted molar refractivity (Wildman–Crippen MR) is 58.3 cm³/mol. The maximum absolute atomic E-state index is 2.40. The van der Waals surface area contributed by atoms with Crippen LogP contribution in [0.1, 0.15) is 5.56 Å². The summed E-state index contributed by atoms with van der Waals surface area (Å²) in [5.74, 6) is 0.